The van der Waals surface area contributed by atoms with E-state index in [0.717, 1.165) is 51.6 Å². The van der Waals surface area contributed by atoms with Gasteiger partial charge in [0.25, 0.3) is 0 Å². The molecule has 27 atom stereocenters. The van der Waals surface area contributed by atoms with Crippen molar-refractivity contribution < 1.29 is 89.0 Å². The lowest BCUT2D eigenvalue weighted by Crippen LogP contribution is -2.66. The molecule has 9 fully saturated rings. The van der Waals surface area contributed by atoms with E-state index in [-0.39, 0.29) is 23.0 Å². The normalized spacial score (nSPS) is 58.2. The van der Waals surface area contributed by atoms with Gasteiger partial charge in [0.1, 0.15) is 73.2 Å². The Bertz CT molecular complexity index is 1560. The SMILES string of the molecule is CC1CCC2(OC1)OC1CC3C4CCC5CC(OC6OC(CO)C(OC7OC(CO)C(OC8OC(CO)C(O)C(O)C8O)C(O)C7O)C(O)C6O)CCC5(C)C4CCC3(C)C1C2C. The fraction of sp³-hybridized carbons (Fsp3) is 1.00. The Morgan fingerprint density at radius 1 is 0.556 bits per heavy atom. The molecule has 4 aliphatic carbocycles. The van der Waals surface area contributed by atoms with Gasteiger partial charge in [-0.1, -0.05) is 27.7 Å². The topological polar surface area (TPSA) is 276 Å². The third kappa shape index (κ3) is 7.88. The molecule has 18 heteroatoms. The fourth-order valence-corrected chi connectivity index (χ4v) is 14.7. The van der Waals surface area contributed by atoms with Gasteiger partial charge in [-0.25, -0.2) is 0 Å². The van der Waals surface area contributed by atoms with E-state index in [1.807, 2.05) is 0 Å². The molecule has 0 aromatic heterocycles. The van der Waals surface area contributed by atoms with E-state index in [9.17, 15) is 51.1 Å². The molecule has 10 N–H and O–H groups in total. The molecule has 9 rings (SSSR count). The highest BCUT2D eigenvalue weighted by Gasteiger charge is 2.69. The van der Waals surface area contributed by atoms with Crippen LogP contribution in [-0.4, -0.2) is 188 Å². The van der Waals surface area contributed by atoms with E-state index in [2.05, 4.69) is 27.7 Å². The van der Waals surface area contributed by atoms with E-state index < -0.39 is 118 Å². The fourth-order valence-electron chi connectivity index (χ4n) is 14.7. The minimum atomic E-state index is -1.90. The Hall–Kier alpha value is -0.720. The van der Waals surface area contributed by atoms with Crippen LogP contribution in [0.1, 0.15) is 91.9 Å². The molecule has 5 saturated heterocycles. The second-order valence-electron chi connectivity index (χ2n) is 21.5. The van der Waals surface area contributed by atoms with Crippen molar-refractivity contribution in [2.45, 2.75) is 202 Å². The predicted octanol–water partition coefficient (Wildman–Crippen LogP) is -0.734. The molecule has 63 heavy (non-hydrogen) atoms. The molecule has 1 spiro atoms. The molecule has 5 aliphatic heterocycles. The third-order valence-corrected chi connectivity index (χ3v) is 18.3. The second-order valence-corrected chi connectivity index (χ2v) is 21.5. The van der Waals surface area contributed by atoms with Gasteiger partial charge < -0.3 is 89.0 Å². The lowest BCUT2D eigenvalue weighted by atomic mass is 9.44. The van der Waals surface area contributed by atoms with Crippen LogP contribution in [0.2, 0.25) is 0 Å². The average molecular weight is 903 g/mol. The summed E-state index contributed by atoms with van der Waals surface area (Å²) < 4.78 is 48.6. The minimum absolute atomic E-state index is 0.146. The number of ether oxygens (including phenoxy) is 8. The Morgan fingerprint density at radius 2 is 1.13 bits per heavy atom. The number of aliphatic hydroxyl groups excluding tert-OH is 10. The summed E-state index contributed by atoms with van der Waals surface area (Å²) in [5.41, 5.74) is 0.382. The van der Waals surface area contributed by atoms with Crippen molar-refractivity contribution >= 4 is 0 Å². The van der Waals surface area contributed by atoms with Gasteiger partial charge in [0.05, 0.1) is 38.6 Å². The largest absolute Gasteiger partial charge is 0.394 e. The number of fused-ring (bicyclic) bond motifs is 7. The van der Waals surface area contributed by atoms with Crippen molar-refractivity contribution in [1.29, 1.82) is 0 Å². The zero-order chi connectivity index (χ0) is 44.9. The van der Waals surface area contributed by atoms with Gasteiger partial charge in [-0.05, 0) is 104 Å². The zero-order valence-corrected chi connectivity index (χ0v) is 37.0. The summed E-state index contributed by atoms with van der Waals surface area (Å²) in [6.45, 7) is 8.27. The maximum Gasteiger partial charge on any atom is 0.187 e. The number of hydrogen-bond acceptors (Lipinski definition) is 18. The molecule has 9 aliphatic rings. The number of aliphatic hydroxyl groups is 10. The number of rotatable bonds is 9. The predicted molar refractivity (Wildman–Crippen MR) is 216 cm³/mol. The molecular formula is C45H74O18. The zero-order valence-electron chi connectivity index (χ0n) is 37.0. The molecule has 5 heterocycles. The Kier molecular flexibility index (Phi) is 13.5. The van der Waals surface area contributed by atoms with Gasteiger partial charge in [0, 0.05) is 12.3 Å². The molecule has 0 aromatic carbocycles. The van der Waals surface area contributed by atoms with Crippen molar-refractivity contribution in [3.8, 4) is 0 Å². The third-order valence-electron chi connectivity index (χ3n) is 18.3. The van der Waals surface area contributed by atoms with Gasteiger partial charge in [-0.2, -0.15) is 0 Å². The van der Waals surface area contributed by atoms with Crippen LogP contribution in [0.25, 0.3) is 0 Å². The summed E-state index contributed by atoms with van der Waals surface area (Å²) in [6, 6.07) is 0. The lowest BCUT2D eigenvalue weighted by Gasteiger charge is -2.61. The first kappa shape index (κ1) is 47.4. The van der Waals surface area contributed by atoms with Crippen molar-refractivity contribution in [1.82, 2.24) is 0 Å². The lowest BCUT2D eigenvalue weighted by molar-refractivity contribution is -0.381. The first-order valence-electron chi connectivity index (χ1n) is 23.8. The quantitative estimate of drug-likeness (QED) is 0.128. The van der Waals surface area contributed by atoms with Crippen LogP contribution in [-0.2, 0) is 37.9 Å². The molecule has 0 aromatic rings. The Morgan fingerprint density at radius 3 is 1.71 bits per heavy atom. The molecule has 0 amide bonds. The van der Waals surface area contributed by atoms with Crippen molar-refractivity contribution in [3.05, 3.63) is 0 Å². The first-order valence-corrected chi connectivity index (χ1v) is 23.8. The van der Waals surface area contributed by atoms with Crippen LogP contribution in [0.15, 0.2) is 0 Å². The smallest absolute Gasteiger partial charge is 0.187 e. The van der Waals surface area contributed by atoms with E-state index in [4.69, 9.17) is 37.9 Å². The summed E-state index contributed by atoms with van der Waals surface area (Å²) in [5.74, 6) is 3.35. The maximum atomic E-state index is 11.4. The van der Waals surface area contributed by atoms with E-state index >= 15 is 0 Å². The van der Waals surface area contributed by atoms with Crippen molar-refractivity contribution in [2.24, 2.45) is 52.3 Å². The molecular weight excluding hydrogens is 828 g/mol. The van der Waals surface area contributed by atoms with Crippen LogP contribution in [0, 0.1) is 52.3 Å². The first-order chi connectivity index (χ1) is 30.0. The summed E-state index contributed by atoms with van der Waals surface area (Å²) in [7, 11) is 0. The summed E-state index contributed by atoms with van der Waals surface area (Å²) in [6.07, 6.45) is -13.7. The van der Waals surface area contributed by atoms with Crippen LogP contribution < -0.4 is 0 Å². The van der Waals surface area contributed by atoms with Crippen molar-refractivity contribution in [2.75, 3.05) is 26.4 Å². The highest BCUT2D eigenvalue weighted by Crippen LogP contribution is 2.71. The average Bonchev–Trinajstić information content (AvgIpc) is 3.72. The standard InChI is InChI=1S/C45H74O18/c1-19-7-12-45(56-18-19)20(2)30-26(63-45)14-25-23-6-5-21-13-22(8-10-43(21,3)24(23)9-11-44(25,30)4)57-40-36(54)33(51)38(28(16-47)59-40)62-42-37(55)34(52)39(29(17-48)60-42)61-41-35(53)32(50)31(49)27(15-46)58-41/h19-42,46-55H,5-18H2,1-4H3. The highest BCUT2D eigenvalue weighted by atomic mass is 16.8. The second kappa shape index (κ2) is 18.0. The molecule has 0 bridgehead atoms. The van der Waals surface area contributed by atoms with Gasteiger partial charge in [0.2, 0.25) is 0 Å². The van der Waals surface area contributed by atoms with Gasteiger partial charge >= 0.3 is 0 Å². The maximum absolute atomic E-state index is 11.4. The summed E-state index contributed by atoms with van der Waals surface area (Å²) in [4.78, 5) is 0. The monoisotopic (exact) mass is 902 g/mol. The van der Waals surface area contributed by atoms with Gasteiger partial charge in [0.15, 0.2) is 24.7 Å². The van der Waals surface area contributed by atoms with Gasteiger partial charge in [-0.3, -0.25) is 0 Å². The van der Waals surface area contributed by atoms with E-state index in [1.54, 1.807) is 0 Å². The van der Waals surface area contributed by atoms with Crippen LogP contribution in [0.4, 0.5) is 0 Å². The van der Waals surface area contributed by atoms with Crippen molar-refractivity contribution in [3.63, 3.8) is 0 Å². The minimum Gasteiger partial charge on any atom is -0.394 e. The Labute approximate surface area is 369 Å². The van der Waals surface area contributed by atoms with Gasteiger partial charge in [-0.15, -0.1) is 0 Å². The molecule has 4 saturated carbocycles. The highest BCUT2D eigenvalue weighted by molar-refractivity contribution is 5.15. The van der Waals surface area contributed by atoms with E-state index in [0.29, 0.717) is 41.4 Å². The van der Waals surface area contributed by atoms with Crippen LogP contribution in [0.3, 0.4) is 0 Å². The summed E-state index contributed by atoms with van der Waals surface area (Å²) in [5, 5.41) is 106. The molecule has 27 unspecified atom stereocenters. The Balaban J connectivity index is 0.800. The van der Waals surface area contributed by atoms with Crippen LogP contribution in [0.5, 0.6) is 0 Å². The van der Waals surface area contributed by atoms with E-state index in [1.165, 1.54) is 19.3 Å². The number of hydrogen-bond donors (Lipinski definition) is 10. The molecule has 362 valence electrons. The molecule has 18 nitrogen and oxygen atoms in total. The van der Waals surface area contributed by atoms with Crippen LogP contribution >= 0.6 is 0 Å². The molecule has 0 radical (unpaired) electrons. The summed E-state index contributed by atoms with van der Waals surface area (Å²) >= 11 is 0.